The molecule has 1 aromatic carbocycles. The molecule has 2 aromatic heterocycles. The van der Waals surface area contributed by atoms with Crippen LogP contribution >= 0.6 is 11.8 Å². The molecule has 0 radical (unpaired) electrons. The van der Waals surface area contributed by atoms with Gasteiger partial charge >= 0.3 is 0 Å². The Balaban J connectivity index is 1.69. The molecular weight excluding hydrogens is 346 g/mol. The number of pyridine rings is 1. The van der Waals surface area contributed by atoms with Crippen LogP contribution in [0.5, 0.6) is 0 Å². The van der Waals surface area contributed by atoms with Crippen LogP contribution in [0, 0.1) is 13.8 Å². The van der Waals surface area contributed by atoms with Crippen LogP contribution in [-0.4, -0.2) is 31.4 Å². The van der Waals surface area contributed by atoms with E-state index in [1.807, 2.05) is 55.7 Å². The minimum atomic E-state index is -0.0557. The molecule has 2 heterocycles. The lowest BCUT2D eigenvalue weighted by Gasteiger charge is -2.10. The number of rotatable bonds is 6. The van der Waals surface area contributed by atoms with Crippen LogP contribution in [0.25, 0.3) is 11.4 Å². The van der Waals surface area contributed by atoms with Crippen LogP contribution in [0.15, 0.2) is 47.9 Å². The predicted octanol–water partition coefficient (Wildman–Crippen LogP) is 3.71. The van der Waals surface area contributed by atoms with E-state index in [1.54, 1.807) is 12.4 Å². The molecule has 3 aromatic rings. The molecule has 0 aliphatic carbocycles. The SMILES string of the molecule is CCn1c(SCC(=O)Nc2cccc(C)c2C)nnc1-c1ccncc1. The summed E-state index contributed by atoms with van der Waals surface area (Å²) in [5, 5.41) is 12.2. The molecule has 26 heavy (non-hydrogen) atoms. The molecule has 0 aliphatic rings. The Kier molecular flexibility index (Phi) is 5.68. The number of hydrogen-bond donors (Lipinski definition) is 1. The van der Waals surface area contributed by atoms with Gasteiger partial charge in [-0.15, -0.1) is 10.2 Å². The van der Waals surface area contributed by atoms with Crippen LogP contribution in [-0.2, 0) is 11.3 Å². The summed E-state index contributed by atoms with van der Waals surface area (Å²) in [6, 6.07) is 9.69. The number of aryl methyl sites for hydroxylation is 1. The van der Waals surface area contributed by atoms with Gasteiger partial charge in [0.1, 0.15) is 0 Å². The summed E-state index contributed by atoms with van der Waals surface area (Å²) in [5.41, 5.74) is 4.05. The van der Waals surface area contributed by atoms with Gasteiger partial charge in [-0.1, -0.05) is 23.9 Å². The monoisotopic (exact) mass is 367 g/mol. The molecule has 0 atom stereocenters. The number of nitrogens with one attached hydrogen (secondary N) is 1. The fourth-order valence-electron chi connectivity index (χ4n) is 2.60. The number of carbonyl (C=O) groups excluding carboxylic acids is 1. The van der Waals surface area contributed by atoms with Crippen molar-refractivity contribution in [3.63, 3.8) is 0 Å². The summed E-state index contributed by atoms with van der Waals surface area (Å²) >= 11 is 1.39. The molecule has 6 nitrogen and oxygen atoms in total. The van der Waals surface area contributed by atoms with Gasteiger partial charge in [-0.2, -0.15) is 0 Å². The smallest absolute Gasteiger partial charge is 0.234 e. The normalized spacial score (nSPS) is 10.7. The van der Waals surface area contributed by atoms with Crippen molar-refractivity contribution < 1.29 is 4.79 Å². The predicted molar refractivity (Wildman–Crippen MR) is 104 cm³/mol. The lowest BCUT2D eigenvalue weighted by Crippen LogP contribution is -2.15. The molecule has 0 saturated heterocycles. The Bertz CT molecular complexity index is 908. The maximum atomic E-state index is 12.3. The number of thioether (sulfide) groups is 1. The van der Waals surface area contributed by atoms with Crippen LogP contribution in [0.4, 0.5) is 5.69 Å². The first-order chi connectivity index (χ1) is 12.6. The molecule has 0 aliphatic heterocycles. The van der Waals surface area contributed by atoms with Gasteiger partial charge in [0.15, 0.2) is 11.0 Å². The molecule has 0 spiro atoms. The minimum Gasteiger partial charge on any atom is -0.325 e. The Morgan fingerprint density at radius 1 is 1.15 bits per heavy atom. The van der Waals surface area contributed by atoms with Gasteiger partial charge in [-0.3, -0.25) is 9.78 Å². The number of benzene rings is 1. The fraction of sp³-hybridized carbons (Fsp3) is 0.263. The highest BCUT2D eigenvalue weighted by molar-refractivity contribution is 7.99. The van der Waals surface area contributed by atoms with Gasteiger partial charge in [-0.05, 0) is 50.1 Å². The zero-order valence-corrected chi connectivity index (χ0v) is 15.9. The van der Waals surface area contributed by atoms with E-state index in [2.05, 4.69) is 20.5 Å². The second-order valence-electron chi connectivity index (χ2n) is 5.87. The van der Waals surface area contributed by atoms with Crippen molar-refractivity contribution in [2.75, 3.05) is 11.1 Å². The lowest BCUT2D eigenvalue weighted by molar-refractivity contribution is -0.113. The number of amides is 1. The van der Waals surface area contributed by atoms with Gasteiger partial charge in [0.25, 0.3) is 0 Å². The average molecular weight is 367 g/mol. The quantitative estimate of drug-likeness (QED) is 0.673. The molecule has 1 amide bonds. The zero-order valence-electron chi connectivity index (χ0n) is 15.1. The van der Waals surface area contributed by atoms with Crippen LogP contribution < -0.4 is 5.32 Å². The number of hydrogen-bond acceptors (Lipinski definition) is 5. The van der Waals surface area contributed by atoms with E-state index in [9.17, 15) is 4.79 Å². The summed E-state index contributed by atoms with van der Waals surface area (Å²) in [5.74, 6) is 1.01. The van der Waals surface area contributed by atoms with Crippen LogP contribution in [0.3, 0.4) is 0 Å². The number of nitrogens with zero attached hydrogens (tertiary/aromatic N) is 4. The van der Waals surface area contributed by atoms with Crippen LogP contribution in [0.1, 0.15) is 18.1 Å². The van der Waals surface area contributed by atoms with E-state index >= 15 is 0 Å². The van der Waals surface area contributed by atoms with E-state index < -0.39 is 0 Å². The highest BCUT2D eigenvalue weighted by Crippen LogP contribution is 2.24. The molecule has 0 saturated carbocycles. The molecule has 3 rings (SSSR count). The Labute approximate surface area is 157 Å². The van der Waals surface area contributed by atoms with E-state index in [-0.39, 0.29) is 11.7 Å². The maximum absolute atomic E-state index is 12.3. The molecule has 134 valence electrons. The van der Waals surface area contributed by atoms with Crippen molar-refractivity contribution in [1.82, 2.24) is 19.7 Å². The average Bonchev–Trinajstić information content (AvgIpc) is 3.07. The first kappa shape index (κ1) is 18.1. The van der Waals surface area contributed by atoms with Gasteiger partial charge < -0.3 is 9.88 Å². The third-order valence-electron chi connectivity index (χ3n) is 4.18. The van der Waals surface area contributed by atoms with Gasteiger partial charge in [0.2, 0.25) is 5.91 Å². The van der Waals surface area contributed by atoms with Crippen molar-refractivity contribution in [3.8, 4) is 11.4 Å². The first-order valence-corrected chi connectivity index (χ1v) is 9.41. The first-order valence-electron chi connectivity index (χ1n) is 8.42. The molecule has 7 heteroatoms. The van der Waals surface area contributed by atoms with Crippen molar-refractivity contribution in [1.29, 1.82) is 0 Å². The van der Waals surface area contributed by atoms with Crippen molar-refractivity contribution in [2.45, 2.75) is 32.5 Å². The molecule has 0 bridgehead atoms. The summed E-state index contributed by atoms with van der Waals surface area (Å²) in [7, 11) is 0. The number of carbonyl (C=O) groups is 1. The molecular formula is C19H21N5OS. The third kappa shape index (κ3) is 3.94. The highest BCUT2D eigenvalue weighted by Gasteiger charge is 2.15. The summed E-state index contributed by atoms with van der Waals surface area (Å²) < 4.78 is 2.01. The third-order valence-corrected chi connectivity index (χ3v) is 5.15. The number of aromatic nitrogens is 4. The summed E-state index contributed by atoms with van der Waals surface area (Å²) in [6.07, 6.45) is 3.46. The van der Waals surface area contributed by atoms with E-state index in [4.69, 9.17) is 0 Å². The van der Waals surface area contributed by atoms with Gasteiger partial charge in [-0.25, -0.2) is 0 Å². The van der Waals surface area contributed by atoms with E-state index in [0.717, 1.165) is 39.9 Å². The largest absolute Gasteiger partial charge is 0.325 e. The Morgan fingerprint density at radius 2 is 1.92 bits per heavy atom. The van der Waals surface area contributed by atoms with E-state index in [0.29, 0.717) is 0 Å². The lowest BCUT2D eigenvalue weighted by atomic mass is 10.1. The fourth-order valence-corrected chi connectivity index (χ4v) is 3.40. The molecule has 0 fully saturated rings. The van der Waals surface area contributed by atoms with Crippen molar-refractivity contribution in [3.05, 3.63) is 53.9 Å². The van der Waals surface area contributed by atoms with Crippen molar-refractivity contribution >= 4 is 23.4 Å². The maximum Gasteiger partial charge on any atom is 0.234 e. The standard InChI is InChI=1S/C19H21N5OS/c1-4-24-18(15-8-10-20-11-9-15)22-23-19(24)26-12-17(25)21-16-7-5-6-13(2)14(16)3/h5-11H,4,12H2,1-3H3,(H,21,25). The number of anilines is 1. The van der Waals surface area contributed by atoms with Gasteiger partial charge in [0.05, 0.1) is 5.75 Å². The van der Waals surface area contributed by atoms with Gasteiger partial charge in [0, 0.05) is 30.2 Å². The second kappa shape index (κ2) is 8.14. The minimum absolute atomic E-state index is 0.0557. The summed E-state index contributed by atoms with van der Waals surface area (Å²) in [4.78, 5) is 16.4. The summed E-state index contributed by atoms with van der Waals surface area (Å²) in [6.45, 7) is 6.80. The van der Waals surface area contributed by atoms with Crippen LogP contribution in [0.2, 0.25) is 0 Å². The van der Waals surface area contributed by atoms with E-state index in [1.165, 1.54) is 11.8 Å². The molecule has 0 unspecified atom stereocenters. The molecule has 1 N–H and O–H groups in total. The highest BCUT2D eigenvalue weighted by atomic mass is 32.2. The Morgan fingerprint density at radius 3 is 2.65 bits per heavy atom. The Hall–Kier alpha value is -2.67. The topological polar surface area (TPSA) is 72.7 Å². The van der Waals surface area contributed by atoms with Crippen molar-refractivity contribution in [2.24, 2.45) is 0 Å². The zero-order chi connectivity index (χ0) is 18.5. The second-order valence-corrected chi connectivity index (χ2v) is 6.81.